The Morgan fingerprint density at radius 3 is 2.65 bits per heavy atom. The van der Waals surface area contributed by atoms with Crippen LogP contribution in [-0.2, 0) is 14.6 Å². The molecular formula is C11H22N2O3S. The molecule has 1 rings (SSSR count). The van der Waals surface area contributed by atoms with E-state index in [1.807, 2.05) is 6.92 Å². The minimum Gasteiger partial charge on any atom is -0.354 e. The number of carbonyl (C=O) groups is 1. The lowest BCUT2D eigenvalue weighted by molar-refractivity contribution is -0.127. The molecular weight excluding hydrogens is 240 g/mol. The second kappa shape index (κ2) is 5.82. The molecule has 2 N–H and O–H groups in total. The Balaban J connectivity index is 2.29. The summed E-state index contributed by atoms with van der Waals surface area (Å²) < 4.78 is 21.8. The third kappa shape index (κ3) is 5.04. The standard InChI is InChI=1S/C11H22N2O3S/c1-11(6-3-4-8-13-11)10(14)12-7-5-9-17(2,15)16/h13H,3-9H2,1-2H3,(H,12,14). The molecule has 0 saturated carbocycles. The molecule has 0 aliphatic carbocycles. The van der Waals surface area contributed by atoms with Gasteiger partial charge in [-0.3, -0.25) is 4.79 Å². The molecule has 1 atom stereocenters. The molecule has 6 heteroatoms. The van der Waals surface area contributed by atoms with E-state index in [2.05, 4.69) is 10.6 Å². The highest BCUT2D eigenvalue weighted by Crippen LogP contribution is 2.18. The van der Waals surface area contributed by atoms with Gasteiger partial charge < -0.3 is 10.6 Å². The third-order valence-electron chi connectivity index (χ3n) is 3.10. The number of hydrogen-bond donors (Lipinski definition) is 2. The Morgan fingerprint density at radius 1 is 1.41 bits per heavy atom. The molecule has 1 heterocycles. The highest BCUT2D eigenvalue weighted by Gasteiger charge is 2.33. The lowest BCUT2D eigenvalue weighted by Gasteiger charge is -2.33. The van der Waals surface area contributed by atoms with E-state index in [0.717, 1.165) is 25.8 Å². The Kier molecular flexibility index (Phi) is 4.94. The van der Waals surface area contributed by atoms with E-state index in [1.165, 1.54) is 6.26 Å². The molecule has 0 aromatic rings. The summed E-state index contributed by atoms with van der Waals surface area (Å²) in [5, 5.41) is 6.02. The SMILES string of the molecule is CC1(C(=O)NCCCS(C)(=O)=O)CCCCN1. The molecule has 0 radical (unpaired) electrons. The maximum absolute atomic E-state index is 11.9. The van der Waals surface area contributed by atoms with Crippen LogP contribution >= 0.6 is 0 Å². The lowest BCUT2D eigenvalue weighted by atomic mass is 9.90. The molecule has 100 valence electrons. The van der Waals surface area contributed by atoms with Crippen LogP contribution in [0.5, 0.6) is 0 Å². The smallest absolute Gasteiger partial charge is 0.240 e. The van der Waals surface area contributed by atoms with Crippen molar-refractivity contribution in [3.8, 4) is 0 Å². The van der Waals surface area contributed by atoms with Crippen molar-refractivity contribution in [2.75, 3.05) is 25.1 Å². The van der Waals surface area contributed by atoms with Crippen LogP contribution in [0.1, 0.15) is 32.6 Å². The molecule has 17 heavy (non-hydrogen) atoms. The highest BCUT2D eigenvalue weighted by atomic mass is 32.2. The zero-order chi connectivity index (χ0) is 12.9. The quantitative estimate of drug-likeness (QED) is 0.688. The number of sulfone groups is 1. The van der Waals surface area contributed by atoms with Crippen LogP contribution in [0, 0.1) is 0 Å². The van der Waals surface area contributed by atoms with Crippen LogP contribution < -0.4 is 10.6 Å². The lowest BCUT2D eigenvalue weighted by Crippen LogP contribution is -2.57. The Bertz CT molecular complexity index is 359. The van der Waals surface area contributed by atoms with E-state index in [-0.39, 0.29) is 11.7 Å². The van der Waals surface area contributed by atoms with Crippen molar-refractivity contribution in [3.63, 3.8) is 0 Å². The fourth-order valence-corrected chi connectivity index (χ4v) is 2.65. The summed E-state index contributed by atoms with van der Waals surface area (Å²) in [7, 11) is -2.93. The predicted molar refractivity (Wildman–Crippen MR) is 67.6 cm³/mol. The van der Waals surface area contributed by atoms with Gasteiger partial charge in [-0.15, -0.1) is 0 Å². The van der Waals surface area contributed by atoms with Gasteiger partial charge in [-0.1, -0.05) is 0 Å². The fourth-order valence-electron chi connectivity index (χ4n) is 1.98. The molecule has 1 fully saturated rings. The summed E-state index contributed by atoms with van der Waals surface area (Å²) in [5.74, 6) is 0.0999. The topological polar surface area (TPSA) is 75.3 Å². The Labute approximate surface area is 103 Å². The molecule has 1 amide bonds. The van der Waals surface area contributed by atoms with Gasteiger partial charge in [-0.05, 0) is 39.2 Å². The molecule has 0 aromatic heterocycles. The van der Waals surface area contributed by atoms with Crippen molar-refractivity contribution in [2.24, 2.45) is 0 Å². The maximum atomic E-state index is 11.9. The first-order valence-electron chi connectivity index (χ1n) is 6.05. The van der Waals surface area contributed by atoms with Gasteiger partial charge in [0.05, 0.1) is 11.3 Å². The van der Waals surface area contributed by atoms with E-state index in [1.54, 1.807) is 0 Å². The summed E-state index contributed by atoms with van der Waals surface area (Å²) in [4.78, 5) is 11.9. The average molecular weight is 262 g/mol. The van der Waals surface area contributed by atoms with Crippen molar-refractivity contribution in [1.29, 1.82) is 0 Å². The molecule has 1 saturated heterocycles. The van der Waals surface area contributed by atoms with Crippen LogP contribution in [0.25, 0.3) is 0 Å². The number of nitrogens with one attached hydrogen (secondary N) is 2. The van der Waals surface area contributed by atoms with Crippen molar-refractivity contribution >= 4 is 15.7 Å². The first kappa shape index (κ1) is 14.4. The normalized spacial score (nSPS) is 25.5. The number of piperidine rings is 1. The Morgan fingerprint density at radius 2 is 2.12 bits per heavy atom. The first-order valence-corrected chi connectivity index (χ1v) is 8.11. The van der Waals surface area contributed by atoms with Crippen LogP contribution in [0.3, 0.4) is 0 Å². The number of hydrogen-bond acceptors (Lipinski definition) is 4. The van der Waals surface area contributed by atoms with Crippen molar-refractivity contribution in [1.82, 2.24) is 10.6 Å². The molecule has 1 aliphatic rings. The van der Waals surface area contributed by atoms with Crippen LogP contribution in [0.2, 0.25) is 0 Å². The van der Waals surface area contributed by atoms with E-state index >= 15 is 0 Å². The number of rotatable bonds is 5. The maximum Gasteiger partial charge on any atom is 0.240 e. The minimum absolute atomic E-state index is 0.0225. The Hall–Kier alpha value is -0.620. The van der Waals surface area contributed by atoms with Crippen LogP contribution in [-0.4, -0.2) is 45.0 Å². The average Bonchev–Trinajstić information content (AvgIpc) is 2.24. The number of carbonyl (C=O) groups excluding carboxylic acids is 1. The molecule has 5 nitrogen and oxygen atoms in total. The third-order valence-corrected chi connectivity index (χ3v) is 4.13. The van der Waals surface area contributed by atoms with E-state index < -0.39 is 15.4 Å². The van der Waals surface area contributed by atoms with Crippen LogP contribution in [0.4, 0.5) is 0 Å². The van der Waals surface area contributed by atoms with Gasteiger partial charge in [-0.2, -0.15) is 0 Å². The van der Waals surface area contributed by atoms with E-state index in [4.69, 9.17) is 0 Å². The van der Waals surface area contributed by atoms with E-state index in [0.29, 0.717) is 13.0 Å². The van der Waals surface area contributed by atoms with Gasteiger partial charge in [0.25, 0.3) is 0 Å². The van der Waals surface area contributed by atoms with Crippen molar-refractivity contribution in [3.05, 3.63) is 0 Å². The highest BCUT2D eigenvalue weighted by molar-refractivity contribution is 7.90. The van der Waals surface area contributed by atoms with Crippen molar-refractivity contribution < 1.29 is 13.2 Å². The predicted octanol–water partition coefficient (Wildman–Crippen LogP) is 0.0695. The molecule has 1 aliphatic heterocycles. The minimum atomic E-state index is -2.93. The fraction of sp³-hybridized carbons (Fsp3) is 0.909. The van der Waals surface area contributed by atoms with E-state index in [9.17, 15) is 13.2 Å². The summed E-state index contributed by atoms with van der Waals surface area (Å²) in [5.41, 5.74) is -0.483. The summed E-state index contributed by atoms with van der Waals surface area (Å²) in [6, 6.07) is 0. The summed E-state index contributed by atoms with van der Waals surface area (Å²) in [6.45, 7) is 3.19. The van der Waals surface area contributed by atoms with Gasteiger partial charge in [-0.25, -0.2) is 8.42 Å². The monoisotopic (exact) mass is 262 g/mol. The molecule has 1 unspecified atom stereocenters. The van der Waals surface area contributed by atoms with Gasteiger partial charge in [0, 0.05) is 12.8 Å². The van der Waals surface area contributed by atoms with Crippen LogP contribution in [0.15, 0.2) is 0 Å². The van der Waals surface area contributed by atoms with Gasteiger partial charge in [0.2, 0.25) is 5.91 Å². The van der Waals surface area contributed by atoms with Gasteiger partial charge in [0.15, 0.2) is 0 Å². The summed E-state index contributed by atoms with van der Waals surface area (Å²) >= 11 is 0. The second-order valence-electron chi connectivity index (χ2n) is 4.96. The van der Waals surface area contributed by atoms with Gasteiger partial charge in [0.1, 0.15) is 9.84 Å². The molecule has 0 aromatic carbocycles. The second-order valence-corrected chi connectivity index (χ2v) is 7.22. The zero-order valence-corrected chi connectivity index (χ0v) is 11.4. The summed E-state index contributed by atoms with van der Waals surface area (Å²) in [6.07, 6.45) is 4.68. The molecule has 0 spiro atoms. The zero-order valence-electron chi connectivity index (χ0n) is 10.6. The van der Waals surface area contributed by atoms with Crippen molar-refractivity contribution in [2.45, 2.75) is 38.1 Å². The largest absolute Gasteiger partial charge is 0.354 e. The molecule has 0 bridgehead atoms. The first-order chi connectivity index (χ1) is 7.83. The number of amides is 1. The van der Waals surface area contributed by atoms with Gasteiger partial charge >= 0.3 is 0 Å².